The van der Waals surface area contributed by atoms with Crippen molar-refractivity contribution >= 4 is 0 Å². The molecule has 0 heteroatoms. The quantitative estimate of drug-likeness (QED) is 0.472. The van der Waals surface area contributed by atoms with Crippen LogP contribution in [0.1, 0.15) is 25.7 Å². The molecule has 0 aliphatic heterocycles. The molecule has 0 aromatic carbocycles. The van der Waals surface area contributed by atoms with Gasteiger partial charge in [0.05, 0.1) is 0 Å². The summed E-state index contributed by atoms with van der Waals surface area (Å²) in [6, 6.07) is 0. The van der Waals surface area contributed by atoms with Crippen molar-refractivity contribution in [2.45, 2.75) is 25.7 Å². The largest absolute Gasteiger partial charge is 0.0417 e. The zero-order valence-corrected chi connectivity index (χ0v) is 5.98. The first kappa shape index (κ1) is 4.38. The lowest BCUT2D eigenvalue weighted by atomic mass is 9.44. The zero-order chi connectivity index (χ0) is 6.29. The van der Waals surface area contributed by atoms with Crippen LogP contribution in [0.3, 0.4) is 0 Å². The molecule has 2 atom stereocenters. The van der Waals surface area contributed by atoms with Gasteiger partial charge in [0.2, 0.25) is 0 Å². The molecule has 2 unspecified atom stereocenters. The van der Waals surface area contributed by atoms with Crippen molar-refractivity contribution in [1.29, 1.82) is 0 Å². The fourth-order valence-electron chi connectivity index (χ4n) is 3.60. The molecule has 0 radical (unpaired) electrons. The maximum Gasteiger partial charge on any atom is -0.00838 e. The zero-order valence-electron chi connectivity index (χ0n) is 5.98. The van der Waals surface area contributed by atoms with Gasteiger partial charge in [0.25, 0.3) is 0 Å². The molecule has 7 rings (SSSR count). The van der Waals surface area contributed by atoms with E-state index >= 15 is 0 Å². The highest BCUT2D eigenvalue weighted by atomic mass is 14.6. The number of rotatable bonds is 0. The molecule has 2 fully saturated rings. The van der Waals surface area contributed by atoms with E-state index in [1.165, 1.54) is 25.7 Å². The maximum atomic E-state index is 1.84. The van der Waals surface area contributed by atoms with E-state index in [0.717, 1.165) is 11.8 Å². The van der Waals surface area contributed by atoms with Crippen LogP contribution in [-0.2, 0) is 0 Å². The van der Waals surface area contributed by atoms with Crippen LogP contribution in [0, 0.1) is 11.8 Å². The van der Waals surface area contributed by atoms with Gasteiger partial charge in [0.1, 0.15) is 0 Å². The van der Waals surface area contributed by atoms with Crippen LogP contribution in [0.25, 0.3) is 0 Å². The lowest BCUT2D eigenvalue weighted by Gasteiger charge is -2.60. The Morgan fingerprint density at radius 3 is 1.60 bits per heavy atom. The van der Waals surface area contributed by atoms with Crippen LogP contribution in [0.4, 0.5) is 0 Å². The summed E-state index contributed by atoms with van der Waals surface area (Å²) in [5.41, 5.74) is 7.32. The van der Waals surface area contributed by atoms with E-state index in [-0.39, 0.29) is 0 Å². The van der Waals surface area contributed by atoms with E-state index in [0.29, 0.717) is 0 Å². The molecule has 50 valence electrons. The van der Waals surface area contributed by atoms with Crippen LogP contribution in [0.15, 0.2) is 22.3 Å². The summed E-state index contributed by atoms with van der Waals surface area (Å²) in [6.07, 6.45) is 5.88. The standard InChI is InChI=1S/C10H10/c1-2-6-8-4-3-7-5(1)9(8)10(6)7/h5,7H,1-4H2. The van der Waals surface area contributed by atoms with Gasteiger partial charge in [-0.25, -0.2) is 0 Å². The molecular formula is C10H10. The van der Waals surface area contributed by atoms with Gasteiger partial charge in [-0.15, -0.1) is 0 Å². The minimum absolute atomic E-state index is 1.07. The molecule has 10 heavy (non-hydrogen) atoms. The summed E-state index contributed by atoms with van der Waals surface area (Å²) >= 11 is 0. The average molecular weight is 130 g/mol. The molecule has 0 nitrogen and oxygen atoms in total. The molecule has 0 spiro atoms. The predicted molar refractivity (Wildman–Crippen MR) is 39.5 cm³/mol. The summed E-state index contributed by atoms with van der Waals surface area (Å²) in [5.74, 6) is 2.13. The second-order valence-electron chi connectivity index (χ2n) is 4.07. The molecule has 2 saturated carbocycles. The molecule has 6 bridgehead atoms. The summed E-state index contributed by atoms with van der Waals surface area (Å²) in [5, 5.41) is 0. The molecule has 0 aromatic rings. The highest BCUT2D eigenvalue weighted by molar-refractivity contribution is 5.72. The number of allylic oxidation sites excluding steroid dienone is 4. The van der Waals surface area contributed by atoms with Gasteiger partial charge < -0.3 is 0 Å². The first-order valence-electron chi connectivity index (χ1n) is 4.43. The van der Waals surface area contributed by atoms with Crippen LogP contribution in [0.5, 0.6) is 0 Å². The first-order chi connectivity index (χ1) is 4.97. The van der Waals surface area contributed by atoms with E-state index in [4.69, 9.17) is 0 Å². The highest BCUT2D eigenvalue weighted by Gasteiger charge is 2.55. The second-order valence-corrected chi connectivity index (χ2v) is 4.07. The summed E-state index contributed by atoms with van der Waals surface area (Å²) in [7, 11) is 0. The van der Waals surface area contributed by atoms with E-state index < -0.39 is 0 Å². The SMILES string of the molecule is C1CC2C3=C4C1=C3CCC42. The van der Waals surface area contributed by atoms with E-state index in [9.17, 15) is 0 Å². The molecular weight excluding hydrogens is 120 g/mol. The van der Waals surface area contributed by atoms with Gasteiger partial charge in [-0.05, 0) is 59.8 Å². The molecule has 0 N–H and O–H groups in total. The molecule has 0 amide bonds. The Kier molecular flexibility index (Phi) is 0.450. The number of hydrogen-bond acceptors (Lipinski definition) is 0. The second kappa shape index (κ2) is 1.03. The van der Waals surface area contributed by atoms with Crippen molar-refractivity contribution in [2.24, 2.45) is 11.8 Å². The van der Waals surface area contributed by atoms with Gasteiger partial charge in [-0.1, -0.05) is 0 Å². The van der Waals surface area contributed by atoms with Gasteiger partial charge in [-0.2, -0.15) is 0 Å². The number of hydrogen-bond donors (Lipinski definition) is 0. The first-order valence-corrected chi connectivity index (χ1v) is 4.43. The minimum atomic E-state index is 1.07. The summed E-state index contributed by atoms with van der Waals surface area (Å²) in [4.78, 5) is 0. The fraction of sp³-hybridized carbons (Fsp3) is 0.600. The summed E-state index contributed by atoms with van der Waals surface area (Å²) in [6.45, 7) is 0. The van der Waals surface area contributed by atoms with Crippen molar-refractivity contribution in [2.75, 3.05) is 0 Å². The van der Waals surface area contributed by atoms with Crippen molar-refractivity contribution < 1.29 is 0 Å². The van der Waals surface area contributed by atoms with Crippen molar-refractivity contribution in [3.05, 3.63) is 22.3 Å². The topological polar surface area (TPSA) is 0 Å². The van der Waals surface area contributed by atoms with Crippen LogP contribution >= 0.6 is 0 Å². The minimum Gasteiger partial charge on any atom is -0.0417 e. The third-order valence-corrected chi connectivity index (χ3v) is 3.94. The Balaban J connectivity index is 2.10. The molecule has 7 aliphatic rings. The third kappa shape index (κ3) is 0.224. The average Bonchev–Trinajstić information content (AvgIpc) is 2.05. The third-order valence-electron chi connectivity index (χ3n) is 3.94. The van der Waals surface area contributed by atoms with Crippen LogP contribution in [0.2, 0.25) is 0 Å². The Morgan fingerprint density at radius 2 is 1.30 bits per heavy atom. The Morgan fingerprint density at radius 1 is 0.800 bits per heavy atom. The van der Waals surface area contributed by atoms with Crippen molar-refractivity contribution in [1.82, 2.24) is 0 Å². The van der Waals surface area contributed by atoms with E-state index in [2.05, 4.69) is 0 Å². The molecule has 0 aromatic heterocycles. The Labute approximate surface area is 60.6 Å². The van der Waals surface area contributed by atoms with Gasteiger partial charge >= 0.3 is 0 Å². The Bertz CT molecular complexity index is 253. The van der Waals surface area contributed by atoms with Crippen molar-refractivity contribution in [3.63, 3.8) is 0 Å². The Hall–Kier alpha value is -0.520. The van der Waals surface area contributed by atoms with Gasteiger partial charge in [-0.3, -0.25) is 0 Å². The molecule has 7 aliphatic carbocycles. The lowest BCUT2D eigenvalue weighted by Crippen LogP contribution is -2.47. The monoisotopic (exact) mass is 130 g/mol. The lowest BCUT2D eigenvalue weighted by molar-refractivity contribution is 0.246. The number of fused-ring (bicyclic) bond motifs is 1. The van der Waals surface area contributed by atoms with Crippen molar-refractivity contribution in [3.8, 4) is 0 Å². The summed E-state index contributed by atoms with van der Waals surface area (Å²) < 4.78 is 0. The van der Waals surface area contributed by atoms with Crippen LogP contribution in [-0.4, -0.2) is 0 Å². The predicted octanol–water partition coefficient (Wildman–Crippen LogP) is 2.43. The maximum absolute atomic E-state index is 1.84. The fourth-order valence-corrected chi connectivity index (χ4v) is 3.60. The van der Waals surface area contributed by atoms with E-state index in [1.807, 2.05) is 22.3 Å². The normalized spacial score (nSPS) is 45.6. The van der Waals surface area contributed by atoms with Gasteiger partial charge in [0, 0.05) is 0 Å². The van der Waals surface area contributed by atoms with E-state index in [1.54, 1.807) is 0 Å². The smallest absolute Gasteiger partial charge is 0.00838 e. The molecule has 0 heterocycles. The molecule has 0 saturated heterocycles. The van der Waals surface area contributed by atoms with Crippen LogP contribution < -0.4 is 0 Å². The van der Waals surface area contributed by atoms with Gasteiger partial charge in [0.15, 0.2) is 0 Å². The highest BCUT2D eigenvalue weighted by Crippen LogP contribution is 2.69.